The predicted octanol–water partition coefficient (Wildman–Crippen LogP) is 1.45. The largest absolute Gasteiger partial charge is 0.240 e. The summed E-state index contributed by atoms with van der Waals surface area (Å²) in [5, 5.41) is 8.25. The van der Waals surface area contributed by atoms with Crippen molar-refractivity contribution in [1.29, 1.82) is 0 Å². The topological polar surface area (TPSA) is 19.9 Å². The molecule has 32 valence electrons. The minimum Gasteiger partial charge on any atom is -0.240 e. The molecule has 0 heterocycles. The van der Waals surface area contributed by atoms with Gasteiger partial charge in [-0.2, -0.15) is 0 Å². The second-order valence-electron chi connectivity index (χ2n) is 0.218. The van der Waals surface area contributed by atoms with Gasteiger partial charge in [0.25, 0.3) is 0 Å². The smallest absolute Gasteiger partial charge is 0.0712 e. The first-order valence-electron chi connectivity index (χ1n) is 1.20. The predicted molar refractivity (Wildman–Crippen MR) is 22.4 cm³/mol. The molecule has 0 atom stereocenters. The molecule has 0 aliphatic heterocycles. The summed E-state index contributed by atoms with van der Waals surface area (Å²) in [5.41, 5.74) is 0. The zero-order valence-electron chi connectivity index (χ0n) is 3.36. The van der Waals surface area contributed by atoms with Gasteiger partial charge < -0.3 is 0 Å². The summed E-state index contributed by atoms with van der Waals surface area (Å²) in [6.07, 6.45) is 0. The van der Waals surface area contributed by atoms with Crippen molar-refractivity contribution in [3.8, 4) is 0 Å². The van der Waals surface area contributed by atoms with Crippen molar-refractivity contribution < 1.29 is 5.11 Å². The van der Waals surface area contributed by atoms with Crippen LogP contribution >= 0.6 is 11.6 Å². The van der Waals surface area contributed by atoms with Gasteiger partial charge in [0.05, 0.1) is 7.11 Å². The highest BCUT2D eigenvalue weighted by molar-refractivity contribution is 6.22. The summed E-state index contributed by atoms with van der Waals surface area (Å²) in [5.74, 6) is 1.47. The maximum atomic E-state index is 8.25. The van der Waals surface area contributed by atoms with E-state index in [1.54, 1.807) is 6.92 Å². The molecular formula is C3H7ClO. The summed E-state index contributed by atoms with van der Waals surface area (Å²) in [4.78, 5) is 0. The number of rotatable bonds is 0. The fraction of sp³-hybridized carbons (Fsp3) is 0.667. The van der Waals surface area contributed by atoms with Crippen LogP contribution < -0.4 is 0 Å². The number of hydrogen-bond donors (Lipinski definition) is 0. The maximum absolute atomic E-state index is 8.25. The lowest BCUT2D eigenvalue weighted by atomic mass is 11.0. The highest BCUT2D eigenvalue weighted by atomic mass is 35.5. The van der Waals surface area contributed by atoms with E-state index >= 15 is 0 Å². The molecule has 0 amide bonds. The first-order chi connectivity index (χ1) is 2.41. The van der Waals surface area contributed by atoms with Gasteiger partial charge in [-0.3, -0.25) is 0 Å². The Balaban J connectivity index is 0. The van der Waals surface area contributed by atoms with Crippen LogP contribution in [-0.2, 0) is 5.11 Å². The molecule has 0 aromatic heterocycles. The highest BCUT2D eigenvalue weighted by Crippen LogP contribution is 1.71. The molecule has 2 radical (unpaired) electrons. The maximum Gasteiger partial charge on any atom is 0.0712 e. The molecule has 0 aromatic rings. The van der Waals surface area contributed by atoms with Crippen LogP contribution in [0.2, 0.25) is 0 Å². The highest BCUT2D eigenvalue weighted by Gasteiger charge is 1.40. The molecule has 0 fully saturated rings. The van der Waals surface area contributed by atoms with Crippen LogP contribution in [0.4, 0.5) is 0 Å². The lowest BCUT2D eigenvalue weighted by molar-refractivity contribution is 0.282. The fourth-order valence-electron chi connectivity index (χ4n) is 0. The molecule has 0 spiro atoms. The standard InChI is InChI=1S/C2H4Cl.CH3O/c1-2-3;1-2/h2H,1H3;1H3. The molecule has 0 aliphatic carbocycles. The first kappa shape index (κ1) is 8.98. The van der Waals surface area contributed by atoms with E-state index in [0.717, 1.165) is 7.11 Å². The fourth-order valence-corrected chi connectivity index (χ4v) is 0. The lowest BCUT2D eigenvalue weighted by Gasteiger charge is -1.43. The third-order valence-corrected chi connectivity index (χ3v) is 0. The van der Waals surface area contributed by atoms with Crippen LogP contribution in [0.1, 0.15) is 6.92 Å². The van der Waals surface area contributed by atoms with E-state index in [4.69, 9.17) is 16.7 Å². The van der Waals surface area contributed by atoms with Gasteiger partial charge in [0.2, 0.25) is 0 Å². The monoisotopic (exact) mass is 94.0 g/mol. The molecule has 2 heteroatoms. The van der Waals surface area contributed by atoms with Crippen molar-refractivity contribution in [1.82, 2.24) is 0 Å². The molecule has 5 heavy (non-hydrogen) atoms. The van der Waals surface area contributed by atoms with E-state index in [9.17, 15) is 0 Å². The Hall–Kier alpha value is 0.250. The van der Waals surface area contributed by atoms with Crippen LogP contribution in [0.3, 0.4) is 0 Å². The van der Waals surface area contributed by atoms with Crippen LogP contribution in [0.25, 0.3) is 0 Å². The minimum absolute atomic E-state index is 0.750. The third-order valence-electron chi connectivity index (χ3n) is 0. The van der Waals surface area contributed by atoms with Crippen molar-refractivity contribution in [3.63, 3.8) is 0 Å². The van der Waals surface area contributed by atoms with Crippen molar-refractivity contribution in [2.45, 2.75) is 6.92 Å². The van der Waals surface area contributed by atoms with Gasteiger partial charge >= 0.3 is 0 Å². The summed E-state index contributed by atoms with van der Waals surface area (Å²) in [7, 11) is 0.750. The Morgan fingerprint density at radius 3 is 1.60 bits per heavy atom. The van der Waals surface area contributed by atoms with Gasteiger partial charge in [-0.15, -0.1) is 11.6 Å². The molecule has 0 saturated heterocycles. The molecule has 0 unspecified atom stereocenters. The Morgan fingerprint density at radius 1 is 1.60 bits per heavy atom. The summed E-state index contributed by atoms with van der Waals surface area (Å²) < 4.78 is 0. The first-order valence-corrected chi connectivity index (χ1v) is 1.64. The molecule has 0 bridgehead atoms. The van der Waals surface area contributed by atoms with Gasteiger partial charge in [0, 0.05) is 5.88 Å². The van der Waals surface area contributed by atoms with Gasteiger partial charge in [-0.25, -0.2) is 5.11 Å². The Bertz CT molecular complexity index is 6.85. The molecule has 0 aromatic carbocycles. The Morgan fingerprint density at radius 2 is 1.60 bits per heavy atom. The third kappa shape index (κ3) is 344. The zero-order chi connectivity index (χ0) is 4.71. The van der Waals surface area contributed by atoms with Crippen LogP contribution in [0.15, 0.2) is 0 Å². The molecular weight excluding hydrogens is 87.5 g/mol. The summed E-state index contributed by atoms with van der Waals surface area (Å²) >= 11 is 4.87. The second kappa shape index (κ2) is 28.7. The van der Waals surface area contributed by atoms with Gasteiger partial charge in [0.15, 0.2) is 0 Å². The van der Waals surface area contributed by atoms with Crippen LogP contribution in [-0.4, -0.2) is 7.11 Å². The van der Waals surface area contributed by atoms with Crippen molar-refractivity contribution in [3.05, 3.63) is 5.88 Å². The lowest BCUT2D eigenvalue weighted by Crippen LogP contribution is -1.20. The molecule has 0 rings (SSSR count). The number of hydrogen-bond acceptors (Lipinski definition) is 0. The summed E-state index contributed by atoms with van der Waals surface area (Å²) in [6, 6.07) is 0. The van der Waals surface area contributed by atoms with Gasteiger partial charge in [-0.1, -0.05) is 0 Å². The summed E-state index contributed by atoms with van der Waals surface area (Å²) in [6.45, 7) is 1.77. The Kier molecular flexibility index (Phi) is 51.6. The average molecular weight is 94.5 g/mol. The molecule has 0 saturated carbocycles. The van der Waals surface area contributed by atoms with Crippen LogP contribution in [0.5, 0.6) is 0 Å². The van der Waals surface area contributed by atoms with E-state index < -0.39 is 0 Å². The minimum atomic E-state index is 0.750. The normalized spacial score (nSPS) is 4.80. The van der Waals surface area contributed by atoms with E-state index in [0.29, 0.717) is 0 Å². The van der Waals surface area contributed by atoms with Crippen molar-refractivity contribution in [2.24, 2.45) is 0 Å². The zero-order valence-corrected chi connectivity index (χ0v) is 4.12. The molecule has 0 aliphatic rings. The molecule has 0 N–H and O–H groups in total. The second-order valence-corrected chi connectivity index (χ2v) is 0.655. The quantitative estimate of drug-likeness (QED) is 0.433. The van der Waals surface area contributed by atoms with E-state index in [2.05, 4.69) is 0 Å². The van der Waals surface area contributed by atoms with Crippen LogP contribution in [0, 0.1) is 5.88 Å². The average Bonchev–Trinajstić information content (AvgIpc) is 1.46. The van der Waals surface area contributed by atoms with Crippen molar-refractivity contribution >= 4 is 11.6 Å². The van der Waals surface area contributed by atoms with E-state index in [1.165, 1.54) is 5.88 Å². The Labute approximate surface area is 37.6 Å². The van der Waals surface area contributed by atoms with Gasteiger partial charge in [0.1, 0.15) is 0 Å². The SMILES string of the molecule is C[CH]Cl.C[O]. The van der Waals surface area contributed by atoms with E-state index in [-0.39, 0.29) is 0 Å². The van der Waals surface area contributed by atoms with Gasteiger partial charge in [-0.05, 0) is 6.92 Å². The number of halogens is 1. The molecule has 1 nitrogen and oxygen atoms in total. The van der Waals surface area contributed by atoms with E-state index in [1.807, 2.05) is 0 Å². The van der Waals surface area contributed by atoms with Crippen molar-refractivity contribution in [2.75, 3.05) is 7.11 Å².